The second-order valence-electron chi connectivity index (χ2n) is 4.30. The molecule has 0 unspecified atom stereocenters. The van der Waals surface area contributed by atoms with Gasteiger partial charge in [-0.1, -0.05) is 48.5 Å². The van der Waals surface area contributed by atoms with E-state index in [2.05, 4.69) is 49.4 Å². The van der Waals surface area contributed by atoms with E-state index in [1.165, 1.54) is 16.7 Å². The Hall–Kier alpha value is -1.73. The highest BCUT2D eigenvalue weighted by Crippen LogP contribution is 2.19. The van der Waals surface area contributed by atoms with E-state index in [0.717, 1.165) is 5.75 Å². The van der Waals surface area contributed by atoms with Crippen molar-refractivity contribution in [3.8, 4) is 5.75 Å². The van der Waals surface area contributed by atoms with E-state index < -0.39 is 0 Å². The van der Waals surface area contributed by atoms with Crippen molar-refractivity contribution in [3.05, 3.63) is 65.7 Å². The van der Waals surface area contributed by atoms with Crippen LogP contribution in [0.3, 0.4) is 0 Å². The third-order valence-electron chi connectivity index (χ3n) is 2.84. The zero-order valence-electron chi connectivity index (χ0n) is 11.0. The van der Waals surface area contributed by atoms with Gasteiger partial charge in [0.25, 0.3) is 0 Å². The summed E-state index contributed by atoms with van der Waals surface area (Å²) in [5.74, 6) is 1.37. The predicted octanol–water partition coefficient (Wildman–Crippen LogP) is 4.86. The van der Waals surface area contributed by atoms with Crippen LogP contribution in [0.1, 0.15) is 18.1 Å². The highest BCUT2D eigenvalue weighted by Gasteiger charge is 1.96. The van der Waals surface area contributed by atoms with Crippen LogP contribution in [0.25, 0.3) is 11.6 Å². The van der Waals surface area contributed by atoms with Gasteiger partial charge in [-0.25, -0.2) is 0 Å². The lowest BCUT2D eigenvalue weighted by atomic mass is 10.0. The highest BCUT2D eigenvalue weighted by molar-refractivity contribution is 6.18. The maximum absolute atomic E-state index is 5.58. The van der Waals surface area contributed by atoms with Crippen LogP contribution in [0, 0.1) is 0 Å². The van der Waals surface area contributed by atoms with Crippen LogP contribution in [0.2, 0.25) is 0 Å². The molecule has 0 aliphatic rings. The Morgan fingerprint density at radius 2 is 1.74 bits per heavy atom. The minimum atomic E-state index is 0.509. The number of benzene rings is 2. The Labute approximate surface area is 119 Å². The molecule has 98 valence electrons. The number of alkyl halides is 1. The molecule has 0 heterocycles. The maximum atomic E-state index is 5.58. The summed E-state index contributed by atoms with van der Waals surface area (Å²) in [4.78, 5) is 0. The van der Waals surface area contributed by atoms with Gasteiger partial charge in [-0.2, -0.15) is 0 Å². The van der Waals surface area contributed by atoms with Crippen molar-refractivity contribution in [3.63, 3.8) is 0 Å². The van der Waals surface area contributed by atoms with E-state index in [1.54, 1.807) is 0 Å². The molecule has 0 saturated heterocycles. The molecule has 0 saturated carbocycles. The molecule has 0 aromatic heterocycles. The molecule has 2 rings (SSSR count). The van der Waals surface area contributed by atoms with Crippen LogP contribution < -0.4 is 4.74 Å². The summed E-state index contributed by atoms with van der Waals surface area (Å²) in [7, 11) is 0. The van der Waals surface area contributed by atoms with Gasteiger partial charge in [-0.3, -0.25) is 0 Å². The minimum absolute atomic E-state index is 0.509. The van der Waals surface area contributed by atoms with E-state index in [9.17, 15) is 0 Å². The normalized spacial score (nSPS) is 11.4. The monoisotopic (exact) mass is 272 g/mol. The van der Waals surface area contributed by atoms with E-state index >= 15 is 0 Å². The molecule has 0 fully saturated rings. The lowest BCUT2D eigenvalue weighted by Crippen LogP contribution is -1.97. The lowest BCUT2D eigenvalue weighted by Gasteiger charge is -2.05. The number of allylic oxidation sites excluding steroid dienone is 1. The van der Waals surface area contributed by atoms with Gasteiger partial charge in [0.15, 0.2) is 0 Å². The fraction of sp³-hybridized carbons (Fsp3) is 0.176. The largest absolute Gasteiger partial charge is 0.492 e. The van der Waals surface area contributed by atoms with Gasteiger partial charge < -0.3 is 4.74 Å². The molecule has 0 bridgehead atoms. The van der Waals surface area contributed by atoms with Crippen molar-refractivity contribution in [2.24, 2.45) is 0 Å². The Kier molecular flexibility index (Phi) is 5.05. The zero-order chi connectivity index (χ0) is 13.5. The Balaban J connectivity index is 2.10. The van der Waals surface area contributed by atoms with Crippen molar-refractivity contribution in [1.29, 1.82) is 0 Å². The van der Waals surface area contributed by atoms with Crippen molar-refractivity contribution < 1.29 is 4.74 Å². The number of ether oxygens (including phenoxy) is 1. The summed E-state index contributed by atoms with van der Waals surface area (Å²) in [6.45, 7) is 2.66. The van der Waals surface area contributed by atoms with E-state index in [-0.39, 0.29) is 0 Å². The molecule has 0 spiro atoms. The van der Waals surface area contributed by atoms with Crippen LogP contribution >= 0.6 is 11.6 Å². The van der Waals surface area contributed by atoms with Gasteiger partial charge in [0, 0.05) is 0 Å². The zero-order valence-corrected chi connectivity index (χ0v) is 11.7. The van der Waals surface area contributed by atoms with E-state index in [0.29, 0.717) is 12.5 Å². The van der Waals surface area contributed by atoms with Gasteiger partial charge >= 0.3 is 0 Å². The minimum Gasteiger partial charge on any atom is -0.492 e. The smallest absolute Gasteiger partial charge is 0.119 e. The summed E-state index contributed by atoms with van der Waals surface area (Å²) in [5.41, 5.74) is 3.65. The SMILES string of the molecule is C/C(=C/c1ccc(OCCCl)cc1)c1ccccc1. The standard InChI is InChI=1S/C17H17ClO/c1-14(16-5-3-2-4-6-16)13-15-7-9-17(10-8-15)19-12-11-18/h2-10,13H,11-12H2,1H3/b14-13-. The van der Waals surface area contributed by atoms with Crippen molar-refractivity contribution in [1.82, 2.24) is 0 Å². The first-order chi connectivity index (χ1) is 9.29. The van der Waals surface area contributed by atoms with Crippen LogP contribution in [0.15, 0.2) is 54.6 Å². The Morgan fingerprint density at radius 1 is 1.05 bits per heavy atom. The van der Waals surface area contributed by atoms with Crippen molar-refractivity contribution >= 4 is 23.3 Å². The fourth-order valence-corrected chi connectivity index (χ4v) is 1.93. The van der Waals surface area contributed by atoms with E-state index in [1.807, 2.05) is 18.2 Å². The summed E-state index contributed by atoms with van der Waals surface area (Å²) in [6.07, 6.45) is 2.17. The molecule has 19 heavy (non-hydrogen) atoms. The molecule has 1 nitrogen and oxygen atoms in total. The molecular formula is C17H17ClO. The van der Waals surface area contributed by atoms with Crippen LogP contribution in [-0.4, -0.2) is 12.5 Å². The van der Waals surface area contributed by atoms with Gasteiger partial charge in [-0.05, 0) is 35.8 Å². The number of rotatable bonds is 5. The first kappa shape index (κ1) is 13.7. The predicted molar refractivity (Wildman–Crippen MR) is 82.6 cm³/mol. The third-order valence-corrected chi connectivity index (χ3v) is 2.99. The molecule has 0 N–H and O–H groups in total. The third kappa shape index (κ3) is 4.15. The molecule has 0 amide bonds. The Morgan fingerprint density at radius 3 is 2.37 bits per heavy atom. The highest BCUT2D eigenvalue weighted by atomic mass is 35.5. The quantitative estimate of drug-likeness (QED) is 0.558. The van der Waals surface area contributed by atoms with Crippen LogP contribution in [0.4, 0.5) is 0 Å². The Bertz CT molecular complexity index is 529. The summed E-state index contributed by atoms with van der Waals surface area (Å²) in [6, 6.07) is 18.4. The number of halogens is 1. The van der Waals surface area contributed by atoms with Crippen LogP contribution in [-0.2, 0) is 0 Å². The molecule has 0 aliphatic heterocycles. The molecule has 0 radical (unpaired) electrons. The topological polar surface area (TPSA) is 9.23 Å². The lowest BCUT2D eigenvalue weighted by molar-refractivity contribution is 0.343. The molecule has 2 aromatic carbocycles. The number of hydrogen-bond acceptors (Lipinski definition) is 1. The van der Waals surface area contributed by atoms with Gasteiger partial charge in [0.1, 0.15) is 12.4 Å². The first-order valence-electron chi connectivity index (χ1n) is 6.32. The average Bonchev–Trinajstić information content (AvgIpc) is 2.47. The molecule has 0 aliphatic carbocycles. The maximum Gasteiger partial charge on any atom is 0.119 e. The summed E-state index contributed by atoms with van der Waals surface area (Å²) >= 11 is 5.58. The van der Waals surface area contributed by atoms with Crippen molar-refractivity contribution in [2.45, 2.75) is 6.92 Å². The molecule has 0 atom stereocenters. The van der Waals surface area contributed by atoms with Gasteiger partial charge in [-0.15, -0.1) is 11.6 Å². The summed E-state index contributed by atoms with van der Waals surface area (Å²) < 4.78 is 5.45. The fourth-order valence-electron chi connectivity index (χ4n) is 1.85. The molecular weight excluding hydrogens is 256 g/mol. The van der Waals surface area contributed by atoms with E-state index in [4.69, 9.17) is 16.3 Å². The van der Waals surface area contributed by atoms with Gasteiger partial charge in [0.2, 0.25) is 0 Å². The van der Waals surface area contributed by atoms with Crippen LogP contribution in [0.5, 0.6) is 5.75 Å². The summed E-state index contributed by atoms with van der Waals surface area (Å²) in [5, 5.41) is 0. The average molecular weight is 273 g/mol. The number of hydrogen-bond donors (Lipinski definition) is 0. The second-order valence-corrected chi connectivity index (χ2v) is 4.68. The molecule has 2 aromatic rings. The second kappa shape index (κ2) is 7.01. The van der Waals surface area contributed by atoms with Gasteiger partial charge in [0.05, 0.1) is 5.88 Å². The van der Waals surface area contributed by atoms with Crippen molar-refractivity contribution in [2.75, 3.05) is 12.5 Å². The first-order valence-corrected chi connectivity index (χ1v) is 6.85. The molecule has 2 heteroatoms.